The Morgan fingerprint density at radius 2 is 1.50 bits per heavy atom. The molecule has 0 aromatic heterocycles. The second-order valence-electron chi connectivity index (χ2n) is 10.5. The summed E-state index contributed by atoms with van der Waals surface area (Å²) in [7, 11) is 0. The van der Waals surface area contributed by atoms with Crippen molar-refractivity contribution in [1.82, 2.24) is 15.5 Å². The molecule has 8 heteroatoms. The van der Waals surface area contributed by atoms with Crippen molar-refractivity contribution in [3.05, 3.63) is 71.8 Å². The largest absolute Gasteiger partial charge is 0.370 e. The van der Waals surface area contributed by atoms with Crippen LogP contribution >= 0.6 is 0 Å². The van der Waals surface area contributed by atoms with Crippen LogP contribution in [0.2, 0.25) is 0 Å². The van der Waals surface area contributed by atoms with Crippen LogP contribution in [0.4, 0.5) is 0 Å². The molecule has 2 aromatic carbocycles. The highest BCUT2D eigenvalue weighted by atomic mass is 16.2. The highest BCUT2D eigenvalue weighted by Crippen LogP contribution is 2.33. The number of hydrogen-bond acceptors (Lipinski definition) is 4. The molecule has 0 aliphatic carbocycles. The highest BCUT2D eigenvalue weighted by molar-refractivity contribution is 5.93. The van der Waals surface area contributed by atoms with Crippen LogP contribution in [0.15, 0.2) is 60.7 Å². The maximum atomic E-state index is 13.6. The number of amides is 4. The fourth-order valence-corrected chi connectivity index (χ4v) is 5.68. The van der Waals surface area contributed by atoms with E-state index in [1.165, 1.54) is 0 Å². The first kappa shape index (κ1) is 27.4. The molecule has 4 N–H and O–H groups in total. The van der Waals surface area contributed by atoms with Gasteiger partial charge in [-0.3, -0.25) is 19.2 Å². The number of nitrogens with zero attached hydrogens (tertiary/aromatic N) is 1. The lowest BCUT2D eigenvalue weighted by Crippen LogP contribution is -2.55. The molecule has 202 valence electrons. The lowest BCUT2D eigenvalue weighted by Gasteiger charge is -2.34. The normalized spacial score (nSPS) is 22.2. The summed E-state index contributed by atoms with van der Waals surface area (Å²) in [5.41, 5.74) is 7.18. The van der Waals surface area contributed by atoms with Crippen molar-refractivity contribution in [3.63, 3.8) is 0 Å². The van der Waals surface area contributed by atoms with Crippen LogP contribution in [-0.2, 0) is 19.2 Å². The molecule has 0 saturated carbocycles. The van der Waals surface area contributed by atoms with Gasteiger partial charge in [0.25, 0.3) is 0 Å². The van der Waals surface area contributed by atoms with Gasteiger partial charge in [-0.25, -0.2) is 0 Å². The van der Waals surface area contributed by atoms with Crippen molar-refractivity contribution < 1.29 is 19.2 Å². The maximum Gasteiger partial charge on any atom is 0.243 e. The minimum Gasteiger partial charge on any atom is -0.370 e. The Hall–Kier alpha value is -3.68. The van der Waals surface area contributed by atoms with E-state index >= 15 is 0 Å². The molecule has 8 nitrogen and oxygen atoms in total. The molecule has 0 unspecified atom stereocenters. The van der Waals surface area contributed by atoms with Gasteiger partial charge in [-0.15, -0.1) is 0 Å². The van der Waals surface area contributed by atoms with E-state index in [4.69, 9.17) is 5.73 Å². The Morgan fingerprint density at radius 1 is 0.895 bits per heavy atom. The van der Waals surface area contributed by atoms with Gasteiger partial charge in [0.15, 0.2) is 0 Å². The Kier molecular flexibility index (Phi) is 9.15. The summed E-state index contributed by atoms with van der Waals surface area (Å²) in [6.07, 6.45) is 5.14. The van der Waals surface area contributed by atoms with Crippen molar-refractivity contribution in [2.45, 2.75) is 82.5 Å². The average molecular weight is 519 g/mol. The van der Waals surface area contributed by atoms with Gasteiger partial charge in [0.2, 0.25) is 23.6 Å². The van der Waals surface area contributed by atoms with Crippen LogP contribution in [-0.4, -0.2) is 46.7 Å². The summed E-state index contributed by atoms with van der Waals surface area (Å²) in [6.45, 7) is 1.93. The molecule has 2 heterocycles. The van der Waals surface area contributed by atoms with Gasteiger partial charge in [-0.2, -0.15) is 0 Å². The zero-order valence-electron chi connectivity index (χ0n) is 22.0. The van der Waals surface area contributed by atoms with Gasteiger partial charge in [0.05, 0.1) is 6.04 Å². The van der Waals surface area contributed by atoms with Gasteiger partial charge < -0.3 is 21.3 Å². The smallest absolute Gasteiger partial charge is 0.243 e. The van der Waals surface area contributed by atoms with E-state index in [-0.39, 0.29) is 36.6 Å². The third-order valence-electron chi connectivity index (χ3n) is 7.77. The Bertz CT molecular complexity index is 1080. The summed E-state index contributed by atoms with van der Waals surface area (Å²) in [5.74, 6) is -1.42. The molecule has 2 aliphatic rings. The van der Waals surface area contributed by atoms with Crippen LogP contribution in [0.1, 0.15) is 75.5 Å². The number of fused-ring (bicyclic) bond motifs is 1. The van der Waals surface area contributed by atoms with Crippen LogP contribution in [0, 0.1) is 5.92 Å². The SMILES string of the molecule is C[C@H]1CCCC[C@H]2CC[C@@H](C(=O)N[C@H](CCC(N)=O)C(=O)NC(c3ccccc3)c3ccccc3)N2C1=O. The predicted octanol–water partition coefficient (Wildman–Crippen LogP) is 3.21. The number of nitrogens with two attached hydrogens (primary N) is 1. The third kappa shape index (κ3) is 6.60. The van der Waals surface area contributed by atoms with E-state index in [0.717, 1.165) is 43.2 Å². The van der Waals surface area contributed by atoms with Crippen LogP contribution < -0.4 is 16.4 Å². The van der Waals surface area contributed by atoms with Gasteiger partial charge in [0.1, 0.15) is 12.1 Å². The molecule has 2 fully saturated rings. The molecule has 4 amide bonds. The molecule has 0 radical (unpaired) electrons. The van der Waals surface area contributed by atoms with Crippen molar-refractivity contribution in [3.8, 4) is 0 Å². The van der Waals surface area contributed by atoms with Gasteiger partial charge in [-0.1, -0.05) is 80.4 Å². The van der Waals surface area contributed by atoms with Crippen molar-refractivity contribution in [2.75, 3.05) is 0 Å². The topological polar surface area (TPSA) is 122 Å². The van der Waals surface area contributed by atoms with Gasteiger partial charge >= 0.3 is 0 Å². The fraction of sp³-hybridized carbons (Fsp3) is 0.467. The predicted molar refractivity (Wildman–Crippen MR) is 145 cm³/mol. The first-order valence-electron chi connectivity index (χ1n) is 13.7. The quantitative estimate of drug-likeness (QED) is 0.472. The Balaban J connectivity index is 1.53. The van der Waals surface area contributed by atoms with E-state index in [2.05, 4.69) is 10.6 Å². The number of primary amides is 1. The van der Waals surface area contributed by atoms with Gasteiger partial charge in [-0.05, 0) is 43.2 Å². The lowest BCUT2D eigenvalue weighted by molar-refractivity contribution is -0.144. The molecule has 2 saturated heterocycles. The number of nitrogens with one attached hydrogen (secondary N) is 2. The van der Waals surface area contributed by atoms with Crippen LogP contribution in [0.25, 0.3) is 0 Å². The van der Waals surface area contributed by atoms with E-state index in [1.54, 1.807) is 4.90 Å². The lowest BCUT2D eigenvalue weighted by atomic mass is 9.95. The summed E-state index contributed by atoms with van der Waals surface area (Å²) in [6, 6.07) is 17.2. The van der Waals surface area contributed by atoms with Crippen molar-refractivity contribution in [1.29, 1.82) is 0 Å². The second-order valence-corrected chi connectivity index (χ2v) is 10.5. The van der Waals surface area contributed by atoms with Crippen LogP contribution in [0.3, 0.4) is 0 Å². The standard InChI is InChI=1S/C30H38N4O4/c1-20-10-8-9-15-23-16-18-25(34(23)30(20)38)29(37)32-24(17-19-26(31)35)28(36)33-27(21-11-4-2-5-12-21)22-13-6-3-7-14-22/h2-7,11-14,20,23-25,27H,8-10,15-19H2,1H3,(H2,31,35)(H,32,37)(H,33,36)/t20-,23-,24+,25-/m0/s1. The van der Waals surface area contributed by atoms with E-state index in [9.17, 15) is 19.2 Å². The second kappa shape index (κ2) is 12.7. The van der Waals surface area contributed by atoms with E-state index in [0.29, 0.717) is 6.42 Å². The number of carbonyl (C=O) groups excluding carboxylic acids is 4. The zero-order chi connectivity index (χ0) is 27.1. The number of rotatable bonds is 9. The zero-order valence-corrected chi connectivity index (χ0v) is 22.0. The van der Waals surface area contributed by atoms with Crippen LogP contribution in [0.5, 0.6) is 0 Å². The van der Waals surface area contributed by atoms with Gasteiger partial charge in [0, 0.05) is 18.4 Å². The molecule has 4 rings (SSSR count). The van der Waals surface area contributed by atoms with E-state index < -0.39 is 29.9 Å². The molecule has 0 spiro atoms. The number of benzene rings is 2. The molecule has 4 atom stereocenters. The molecule has 2 aliphatic heterocycles. The van der Waals surface area contributed by atoms with E-state index in [1.807, 2.05) is 67.6 Å². The summed E-state index contributed by atoms with van der Waals surface area (Å²) >= 11 is 0. The summed E-state index contributed by atoms with van der Waals surface area (Å²) < 4.78 is 0. The first-order valence-corrected chi connectivity index (χ1v) is 13.7. The fourth-order valence-electron chi connectivity index (χ4n) is 5.68. The average Bonchev–Trinajstić information content (AvgIpc) is 3.34. The number of carbonyl (C=O) groups is 4. The number of hydrogen-bond donors (Lipinski definition) is 3. The highest BCUT2D eigenvalue weighted by Gasteiger charge is 2.43. The summed E-state index contributed by atoms with van der Waals surface area (Å²) in [4.78, 5) is 53.7. The Labute approximate surface area is 224 Å². The van der Waals surface area contributed by atoms with Crippen molar-refractivity contribution in [2.24, 2.45) is 11.7 Å². The maximum absolute atomic E-state index is 13.6. The molecular formula is C30H38N4O4. The monoisotopic (exact) mass is 518 g/mol. The molecule has 2 aromatic rings. The van der Waals surface area contributed by atoms with Crippen molar-refractivity contribution >= 4 is 23.6 Å². The summed E-state index contributed by atoms with van der Waals surface area (Å²) in [5, 5.41) is 5.95. The minimum atomic E-state index is -0.966. The molecule has 0 bridgehead atoms. The molecular weight excluding hydrogens is 480 g/mol. The third-order valence-corrected chi connectivity index (χ3v) is 7.77. The molecule has 38 heavy (non-hydrogen) atoms. The minimum absolute atomic E-state index is 0.0127. The first-order chi connectivity index (χ1) is 18.3. The Morgan fingerprint density at radius 3 is 2.11 bits per heavy atom.